The van der Waals surface area contributed by atoms with E-state index in [0.29, 0.717) is 0 Å². The Morgan fingerprint density at radius 1 is 0.871 bits per heavy atom. The second kappa shape index (κ2) is 8.88. The topological polar surface area (TPSA) is 35.5 Å². The summed E-state index contributed by atoms with van der Waals surface area (Å²) < 4.78 is 11.7. The Morgan fingerprint density at radius 3 is 1.90 bits per heavy atom. The van der Waals surface area contributed by atoms with E-state index >= 15 is 0 Å². The molecule has 0 radical (unpaired) electrons. The molecule has 0 amide bonds. The number of carbonyl (C=O) groups is 1. The minimum Gasteiger partial charge on any atom is -0.481 e. The zero-order chi connectivity index (χ0) is 22.8. The summed E-state index contributed by atoms with van der Waals surface area (Å²) in [6, 6.07) is 16.7. The molecule has 0 saturated carbocycles. The van der Waals surface area contributed by atoms with Gasteiger partial charge in [-0.2, -0.15) is 0 Å². The van der Waals surface area contributed by atoms with E-state index < -0.39 is 5.60 Å². The van der Waals surface area contributed by atoms with Gasteiger partial charge in [0.2, 0.25) is 0 Å². The maximum atomic E-state index is 12.6. The minimum atomic E-state index is -0.729. The van der Waals surface area contributed by atoms with Gasteiger partial charge in [-0.3, -0.25) is 0 Å². The zero-order valence-corrected chi connectivity index (χ0v) is 20.4. The third kappa shape index (κ3) is 5.56. The molecule has 3 aromatic rings. The molecule has 4 heteroatoms. The van der Waals surface area contributed by atoms with E-state index in [-0.39, 0.29) is 28.5 Å². The first-order valence-corrected chi connectivity index (χ1v) is 12.0. The standard InChI is InChI=1S/C27H33O3S/c1-19-16-23(31-14-8-9-15-31)17-20(2)25(19)29-18-24(28)30-27(6,7)22-12-10-21(11-13-22)26(3,4)5/h8-17H,18H2,1-7H3/q+1. The van der Waals surface area contributed by atoms with Crippen LogP contribution in [0.25, 0.3) is 4.90 Å². The van der Waals surface area contributed by atoms with Crippen LogP contribution >= 0.6 is 10.5 Å². The lowest BCUT2D eigenvalue weighted by Crippen LogP contribution is -2.29. The van der Waals surface area contributed by atoms with Crippen molar-refractivity contribution in [2.45, 2.75) is 59.5 Å². The van der Waals surface area contributed by atoms with Gasteiger partial charge in [0, 0.05) is 22.6 Å². The van der Waals surface area contributed by atoms with Crippen LogP contribution in [0.1, 0.15) is 56.9 Å². The average Bonchev–Trinajstić information content (AvgIpc) is 3.21. The lowest BCUT2D eigenvalue weighted by atomic mass is 9.85. The predicted octanol–water partition coefficient (Wildman–Crippen LogP) is 7.20. The van der Waals surface area contributed by atoms with Gasteiger partial charge in [-0.25, -0.2) is 4.79 Å². The molecular weight excluding hydrogens is 404 g/mol. The predicted molar refractivity (Wildman–Crippen MR) is 129 cm³/mol. The van der Waals surface area contributed by atoms with Crippen LogP contribution in [-0.2, 0) is 20.5 Å². The lowest BCUT2D eigenvalue weighted by Gasteiger charge is -2.27. The van der Waals surface area contributed by atoms with Crippen molar-refractivity contribution >= 4 is 16.4 Å². The molecule has 0 aliphatic carbocycles. The van der Waals surface area contributed by atoms with Crippen LogP contribution in [-0.4, -0.2) is 12.6 Å². The molecule has 0 aliphatic heterocycles. The smallest absolute Gasteiger partial charge is 0.345 e. The van der Waals surface area contributed by atoms with Crippen molar-refractivity contribution in [3.8, 4) is 10.6 Å². The van der Waals surface area contributed by atoms with Crippen molar-refractivity contribution in [3.63, 3.8) is 0 Å². The summed E-state index contributed by atoms with van der Waals surface area (Å²) in [4.78, 5) is 13.8. The Morgan fingerprint density at radius 2 is 1.39 bits per heavy atom. The fourth-order valence-corrected chi connectivity index (χ4v) is 5.16. The van der Waals surface area contributed by atoms with Crippen LogP contribution in [0.5, 0.6) is 5.75 Å². The number of carbonyl (C=O) groups excluding carboxylic acids is 1. The van der Waals surface area contributed by atoms with Crippen molar-refractivity contribution < 1.29 is 14.3 Å². The molecule has 1 aromatic heterocycles. The van der Waals surface area contributed by atoms with Crippen molar-refractivity contribution in [1.29, 1.82) is 0 Å². The Balaban J connectivity index is 1.65. The average molecular weight is 438 g/mol. The van der Waals surface area contributed by atoms with Gasteiger partial charge < -0.3 is 9.47 Å². The first kappa shape index (κ1) is 23.1. The highest BCUT2D eigenvalue weighted by Crippen LogP contribution is 2.36. The van der Waals surface area contributed by atoms with E-state index in [1.807, 2.05) is 39.8 Å². The molecule has 31 heavy (non-hydrogen) atoms. The number of hydrogen-bond donors (Lipinski definition) is 0. The first-order valence-electron chi connectivity index (χ1n) is 10.6. The zero-order valence-electron chi connectivity index (χ0n) is 19.6. The van der Waals surface area contributed by atoms with Gasteiger partial charge in [0.05, 0.1) is 0 Å². The number of thiophene rings is 1. The number of ether oxygens (including phenoxy) is 2. The second-order valence-electron chi connectivity index (χ2n) is 9.52. The van der Waals surface area contributed by atoms with Gasteiger partial charge in [0.15, 0.2) is 11.5 Å². The quantitative estimate of drug-likeness (QED) is 0.302. The van der Waals surface area contributed by atoms with Crippen LogP contribution < -0.4 is 4.74 Å². The molecular formula is C27H33O3S+. The normalized spacial score (nSPS) is 12.0. The Hall–Kier alpha value is -2.59. The van der Waals surface area contributed by atoms with E-state index in [1.165, 1.54) is 10.5 Å². The van der Waals surface area contributed by atoms with Crippen LogP contribution in [0.4, 0.5) is 0 Å². The highest BCUT2D eigenvalue weighted by atomic mass is 32.2. The molecule has 0 bridgehead atoms. The van der Waals surface area contributed by atoms with Gasteiger partial charge in [-0.1, -0.05) is 45.0 Å². The van der Waals surface area contributed by atoms with Crippen molar-refractivity contribution in [3.05, 3.63) is 81.5 Å². The highest BCUT2D eigenvalue weighted by molar-refractivity contribution is 7.36. The van der Waals surface area contributed by atoms with Crippen LogP contribution in [0.15, 0.2) is 59.3 Å². The lowest BCUT2D eigenvalue weighted by molar-refractivity contribution is -0.159. The molecule has 164 valence electrons. The molecule has 0 unspecified atom stereocenters. The van der Waals surface area contributed by atoms with E-state index in [1.54, 1.807) is 0 Å². The molecule has 0 spiro atoms. The van der Waals surface area contributed by atoms with Crippen LogP contribution in [0, 0.1) is 13.8 Å². The van der Waals surface area contributed by atoms with Crippen molar-refractivity contribution in [2.75, 3.05) is 6.61 Å². The Kier molecular flexibility index (Phi) is 6.61. The van der Waals surface area contributed by atoms with E-state index in [4.69, 9.17) is 9.47 Å². The maximum absolute atomic E-state index is 12.6. The molecule has 0 aliphatic rings. The Labute approximate surface area is 189 Å². The van der Waals surface area contributed by atoms with E-state index in [0.717, 1.165) is 22.4 Å². The van der Waals surface area contributed by atoms with Gasteiger partial charge in [-0.05, 0) is 67.5 Å². The number of hydrogen-bond acceptors (Lipinski definition) is 3. The van der Waals surface area contributed by atoms with E-state index in [9.17, 15) is 4.79 Å². The maximum Gasteiger partial charge on any atom is 0.345 e. The summed E-state index contributed by atoms with van der Waals surface area (Å²) in [6.07, 6.45) is 0. The second-order valence-corrected chi connectivity index (χ2v) is 11.3. The van der Waals surface area contributed by atoms with Crippen LogP contribution in [0.2, 0.25) is 0 Å². The molecule has 0 atom stereocenters. The molecule has 0 fully saturated rings. The monoisotopic (exact) mass is 437 g/mol. The third-order valence-corrected chi connectivity index (χ3v) is 7.10. The summed E-state index contributed by atoms with van der Waals surface area (Å²) in [7, 11) is 0.0173. The number of esters is 1. The molecule has 0 N–H and O–H groups in total. The van der Waals surface area contributed by atoms with Gasteiger partial charge in [0.1, 0.15) is 22.1 Å². The summed E-state index contributed by atoms with van der Waals surface area (Å²) >= 11 is 0. The SMILES string of the molecule is Cc1cc(-[s+]2cccc2)cc(C)c1OCC(=O)OC(C)(C)c1ccc(C(C)(C)C)cc1. The van der Waals surface area contributed by atoms with Gasteiger partial charge >= 0.3 is 5.97 Å². The number of rotatable bonds is 6. The number of aryl methyl sites for hydroxylation is 2. The summed E-state index contributed by atoms with van der Waals surface area (Å²) in [6.45, 7) is 14.3. The first-order chi connectivity index (χ1) is 14.5. The van der Waals surface area contributed by atoms with Crippen molar-refractivity contribution in [2.24, 2.45) is 0 Å². The summed E-state index contributed by atoms with van der Waals surface area (Å²) in [5, 5.41) is 4.39. The van der Waals surface area contributed by atoms with Gasteiger partial charge in [0.25, 0.3) is 0 Å². The fourth-order valence-electron chi connectivity index (χ4n) is 3.61. The summed E-state index contributed by atoms with van der Waals surface area (Å²) in [5.74, 6) is 0.375. The largest absolute Gasteiger partial charge is 0.481 e. The summed E-state index contributed by atoms with van der Waals surface area (Å²) in [5.41, 5.74) is 3.63. The van der Waals surface area contributed by atoms with Gasteiger partial charge in [-0.15, -0.1) is 0 Å². The van der Waals surface area contributed by atoms with Crippen LogP contribution in [0.3, 0.4) is 0 Å². The highest BCUT2D eigenvalue weighted by Gasteiger charge is 2.26. The van der Waals surface area contributed by atoms with Crippen molar-refractivity contribution in [1.82, 2.24) is 0 Å². The fraction of sp³-hybridized carbons (Fsp3) is 0.370. The molecule has 2 aromatic carbocycles. The Bertz CT molecular complexity index is 1020. The molecule has 3 rings (SSSR count). The molecule has 1 heterocycles. The molecule has 3 nitrogen and oxygen atoms in total. The number of benzene rings is 2. The van der Waals surface area contributed by atoms with E-state index in [2.05, 4.69) is 67.9 Å². The third-order valence-electron chi connectivity index (χ3n) is 5.42. The minimum absolute atomic E-state index is 0.0173. The molecule has 0 saturated heterocycles.